The van der Waals surface area contributed by atoms with Gasteiger partial charge in [-0.05, 0) is 56.2 Å². The molecule has 4 rings (SSSR count). The Hall–Kier alpha value is -2.54. The molecule has 0 saturated carbocycles. The number of anilines is 1. The van der Waals surface area contributed by atoms with Gasteiger partial charge in [0.2, 0.25) is 0 Å². The minimum Gasteiger partial charge on any atom is -0.361 e. The highest BCUT2D eigenvalue weighted by Crippen LogP contribution is 2.31. The van der Waals surface area contributed by atoms with Crippen LogP contribution < -0.4 is 10.5 Å². The Morgan fingerprint density at radius 1 is 1.03 bits per heavy atom. The van der Waals surface area contributed by atoms with E-state index in [1.54, 1.807) is 36.4 Å². The van der Waals surface area contributed by atoms with Gasteiger partial charge in [-0.2, -0.15) is 0 Å². The van der Waals surface area contributed by atoms with Crippen LogP contribution in [0.15, 0.2) is 65.7 Å². The number of fused-ring (bicyclic) bond motifs is 2. The number of H-pyrrole nitrogens is 1. The van der Waals surface area contributed by atoms with Crippen molar-refractivity contribution in [2.45, 2.75) is 30.7 Å². The summed E-state index contributed by atoms with van der Waals surface area (Å²) in [6.07, 6.45) is 2.59. The predicted molar refractivity (Wildman–Crippen MR) is 120 cm³/mol. The van der Waals surface area contributed by atoms with E-state index in [0.29, 0.717) is 27.9 Å². The Morgan fingerprint density at radius 3 is 2.52 bits per heavy atom. The van der Waals surface area contributed by atoms with Crippen LogP contribution in [0.3, 0.4) is 0 Å². The molecule has 7 heteroatoms. The Balaban J connectivity index is 1.75. The number of nitrogens with one attached hydrogen (secondary N) is 2. The van der Waals surface area contributed by atoms with E-state index in [1.807, 2.05) is 38.2 Å². The molecular weight excluding hydrogens is 406 g/mol. The largest absolute Gasteiger partial charge is 0.361 e. The van der Waals surface area contributed by atoms with Gasteiger partial charge in [-0.3, -0.25) is 4.72 Å². The molecule has 0 saturated heterocycles. The number of aromatic amines is 1. The molecular formula is C22H22ClN3O2S. The van der Waals surface area contributed by atoms with Crippen molar-refractivity contribution in [1.29, 1.82) is 0 Å². The number of benzene rings is 3. The zero-order valence-corrected chi connectivity index (χ0v) is 17.7. The number of hydrogen-bond acceptors (Lipinski definition) is 3. The van der Waals surface area contributed by atoms with Crippen molar-refractivity contribution < 1.29 is 8.42 Å². The highest BCUT2D eigenvalue weighted by Gasteiger charge is 2.19. The summed E-state index contributed by atoms with van der Waals surface area (Å²) < 4.78 is 29.0. The Morgan fingerprint density at radius 2 is 1.76 bits per heavy atom. The first kappa shape index (κ1) is 19.8. The van der Waals surface area contributed by atoms with Crippen LogP contribution in [-0.4, -0.2) is 18.9 Å². The molecule has 0 amide bonds. The first-order valence-corrected chi connectivity index (χ1v) is 11.1. The van der Waals surface area contributed by atoms with Crippen molar-refractivity contribution >= 4 is 49.0 Å². The van der Waals surface area contributed by atoms with Gasteiger partial charge in [0, 0.05) is 44.1 Å². The summed E-state index contributed by atoms with van der Waals surface area (Å²) in [7, 11) is -3.80. The van der Waals surface area contributed by atoms with Gasteiger partial charge in [0.05, 0.1) is 4.90 Å². The van der Waals surface area contributed by atoms with Crippen molar-refractivity contribution in [1.82, 2.24) is 4.98 Å². The van der Waals surface area contributed by atoms with E-state index in [0.717, 1.165) is 16.5 Å². The van der Waals surface area contributed by atoms with Crippen LogP contribution in [0.4, 0.5) is 5.69 Å². The lowest BCUT2D eigenvalue weighted by Crippen LogP contribution is -2.34. The van der Waals surface area contributed by atoms with Gasteiger partial charge < -0.3 is 10.7 Å². The van der Waals surface area contributed by atoms with Crippen molar-refractivity contribution in [3.63, 3.8) is 0 Å². The third kappa shape index (κ3) is 3.96. The fraction of sp³-hybridized carbons (Fsp3) is 0.182. The summed E-state index contributed by atoms with van der Waals surface area (Å²) in [5.74, 6) is 0. The maximum atomic E-state index is 13.1. The number of nitrogens with two attached hydrogens (primary N) is 1. The summed E-state index contributed by atoms with van der Waals surface area (Å²) in [6.45, 7) is 3.92. The molecule has 0 aliphatic carbocycles. The third-order valence-electron chi connectivity index (χ3n) is 4.78. The monoisotopic (exact) mass is 427 g/mol. The predicted octanol–water partition coefficient (Wildman–Crippen LogP) is 5.06. The Labute approximate surface area is 174 Å². The van der Waals surface area contributed by atoms with E-state index in [2.05, 4.69) is 9.71 Å². The lowest BCUT2D eigenvalue weighted by molar-refractivity contribution is 0.518. The molecule has 5 nitrogen and oxygen atoms in total. The number of aromatic nitrogens is 1. The number of hydrogen-bond donors (Lipinski definition) is 3. The second-order valence-corrected chi connectivity index (χ2v) is 9.99. The Bertz CT molecular complexity index is 1320. The highest BCUT2D eigenvalue weighted by atomic mass is 35.5. The molecule has 29 heavy (non-hydrogen) atoms. The van der Waals surface area contributed by atoms with Crippen molar-refractivity contribution in [3.05, 3.63) is 71.4 Å². The van der Waals surface area contributed by atoms with Crippen molar-refractivity contribution in [3.8, 4) is 0 Å². The summed E-state index contributed by atoms with van der Waals surface area (Å²) in [5.41, 5.74) is 8.27. The van der Waals surface area contributed by atoms with Crippen LogP contribution >= 0.6 is 11.6 Å². The first-order valence-electron chi connectivity index (χ1n) is 9.23. The minimum absolute atomic E-state index is 0.190. The number of halogens is 1. The minimum atomic E-state index is -3.80. The number of rotatable bonds is 5. The highest BCUT2D eigenvalue weighted by molar-refractivity contribution is 7.93. The quantitative estimate of drug-likeness (QED) is 0.416. The molecule has 0 fully saturated rings. The maximum Gasteiger partial charge on any atom is 0.262 e. The fourth-order valence-electron chi connectivity index (χ4n) is 3.57. The van der Waals surface area contributed by atoms with Gasteiger partial charge in [-0.25, -0.2) is 8.42 Å². The molecule has 0 aliphatic rings. The maximum absolute atomic E-state index is 13.1. The zero-order chi connectivity index (χ0) is 20.8. The summed E-state index contributed by atoms with van der Waals surface area (Å²) >= 11 is 6.23. The van der Waals surface area contributed by atoms with Crippen LogP contribution in [-0.2, 0) is 16.4 Å². The van der Waals surface area contributed by atoms with E-state index in [1.165, 1.54) is 0 Å². The van der Waals surface area contributed by atoms with Crippen LogP contribution in [0, 0.1) is 0 Å². The summed E-state index contributed by atoms with van der Waals surface area (Å²) in [4.78, 5) is 3.41. The average molecular weight is 428 g/mol. The van der Waals surface area contributed by atoms with Crippen LogP contribution in [0.2, 0.25) is 5.02 Å². The van der Waals surface area contributed by atoms with Gasteiger partial charge in [0.25, 0.3) is 10.0 Å². The molecule has 1 aromatic heterocycles. The molecule has 1 heterocycles. The van der Waals surface area contributed by atoms with E-state index in [4.69, 9.17) is 17.3 Å². The van der Waals surface area contributed by atoms with Crippen LogP contribution in [0.5, 0.6) is 0 Å². The lowest BCUT2D eigenvalue weighted by Gasteiger charge is -2.17. The third-order valence-corrected chi connectivity index (χ3v) is 6.55. The SMILES string of the molecule is CC(C)(N)Cc1c[nH]c2ccc(NS(=O)(=O)c3cccc4c(Cl)cccc34)cc12. The van der Waals surface area contributed by atoms with E-state index in [9.17, 15) is 8.42 Å². The lowest BCUT2D eigenvalue weighted by atomic mass is 9.96. The second kappa shape index (κ2) is 7.06. The van der Waals surface area contributed by atoms with Gasteiger partial charge in [0.1, 0.15) is 0 Å². The van der Waals surface area contributed by atoms with Gasteiger partial charge >= 0.3 is 0 Å². The molecule has 3 aromatic carbocycles. The molecule has 0 atom stereocenters. The van der Waals surface area contributed by atoms with Crippen molar-refractivity contribution in [2.75, 3.05) is 4.72 Å². The van der Waals surface area contributed by atoms with Gasteiger partial charge in [-0.15, -0.1) is 0 Å². The molecule has 0 aliphatic heterocycles. The van der Waals surface area contributed by atoms with Gasteiger partial charge in [-0.1, -0.05) is 35.9 Å². The normalized spacial score (nSPS) is 12.6. The molecule has 4 aromatic rings. The molecule has 0 unspecified atom stereocenters. The van der Waals surface area contributed by atoms with Crippen molar-refractivity contribution in [2.24, 2.45) is 5.73 Å². The standard InChI is InChI=1S/C22H22ClN3O2S/c1-22(2,24)12-14-13-25-20-10-9-15(11-18(14)20)26-29(27,28)21-8-4-5-16-17(21)6-3-7-19(16)23/h3-11,13,25-26H,12,24H2,1-2H3. The van der Waals surface area contributed by atoms with Gasteiger partial charge in [0.15, 0.2) is 0 Å². The molecule has 4 N–H and O–H groups in total. The fourth-order valence-corrected chi connectivity index (χ4v) is 5.08. The Kier molecular flexibility index (Phi) is 4.81. The first-order chi connectivity index (χ1) is 13.6. The molecule has 0 bridgehead atoms. The average Bonchev–Trinajstić information content (AvgIpc) is 3.02. The summed E-state index contributed by atoms with van der Waals surface area (Å²) in [5, 5.41) is 2.75. The van der Waals surface area contributed by atoms with E-state index in [-0.39, 0.29) is 10.4 Å². The van der Waals surface area contributed by atoms with E-state index >= 15 is 0 Å². The van der Waals surface area contributed by atoms with Crippen LogP contribution in [0.25, 0.3) is 21.7 Å². The molecule has 150 valence electrons. The van der Waals surface area contributed by atoms with Crippen LogP contribution in [0.1, 0.15) is 19.4 Å². The molecule has 0 radical (unpaired) electrons. The topological polar surface area (TPSA) is 88.0 Å². The zero-order valence-electron chi connectivity index (χ0n) is 16.2. The smallest absolute Gasteiger partial charge is 0.262 e. The molecule has 0 spiro atoms. The second-order valence-electron chi connectivity index (χ2n) is 7.94. The van der Waals surface area contributed by atoms with E-state index < -0.39 is 10.0 Å². The summed E-state index contributed by atoms with van der Waals surface area (Å²) in [6, 6.07) is 15.8. The number of sulfonamides is 1.